The van der Waals surface area contributed by atoms with Gasteiger partial charge in [0.2, 0.25) is 0 Å². The lowest BCUT2D eigenvalue weighted by Crippen LogP contribution is -2.44. The van der Waals surface area contributed by atoms with Crippen LogP contribution in [-0.2, 0) is 23.8 Å². The Labute approximate surface area is 376 Å². The van der Waals surface area contributed by atoms with Crippen LogP contribution in [0.15, 0.2) is 46.1 Å². The predicted octanol–water partition coefficient (Wildman–Crippen LogP) is 5.55. The number of benzene rings is 2. The number of allylic oxidation sites excluding steroid dienone is 2. The Morgan fingerprint density at radius 2 is 1.62 bits per heavy atom. The van der Waals surface area contributed by atoms with Crippen LogP contribution in [0.2, 0.25) is 0 Å². The zero-order valence-electron chi connectivity index (χ0n) is 39.5. The highest BCUT2D eigenvalue weighted by Crippen LogP contribution is 2.50. The number of methoxy groups -OCH3 is 2. The Balaban J connectivity index is 1.57. The van der Waals surface area contributed by atoms with Crippen LogP contribution >= 0.6 is 0 Å². The summed E-state index contributed by atoms with van der Waals surface area (Å²) in [6.07, 6.45) is 8.33. The summed E-state index contributed by atoms with van der Waals surface area (Å²) in [6, 6.07) is 0. The summed E-state index contributed by atoms with van der Waals surface area (Å²) in [5.74, 6) is -5.25. The number of Topliss-reactive ketones (excluding diaryl/α,β-unsaturated/α-hetero) is 1. The fourth-order valence-corrected chi connectivity index (χ4v) is 10.3. The molecule has 4 aliphatic rings. The zero-order chi connectivity index (χ0) is 47.0. The lowest BCUT2D eigenvalue weighted by atomic mass is 9.72. The highest BCUT2D eigenvalue weighted by Gasteiger charge is 2.50. The van der Waals surface area contributed by atoms with E-state index >= 15 is 0 Å². The second-order valence-corrected chi connectivity index (χ2v) is 18.8. The van der Waals surface area contributed by atoms with E-state index in [2.05, 4.69) is 24.1 Å². The first-order valence-corrected chi connectivity index (χ1v) is 22.5. The Kier molecular flexibility index (Phi) is 14.7. The first-order chi connectivity index (χ1) is 30.3. The molecule has 0 aliphatic carbocycles. The number of anilines is 1. The molecule has 0 saturated carbocycles. The smallest absolute Gasteiger partial charge is 0.312 e. The average molecular weight is 889 g/mol. The number of carbonyl (C=O) groups excluding carboxylic acids is 3. The minimum atomic E-state index is -1.91. The molecule has 15 nitrogen and oxygen atoms in total. The quantitative estimate of drug-likeness (QED) is 0.200. The van der Waals surface area contributed by atoms with Gasteiger partial charge >= 0.3 is 11.8 Å². The average Bonchev–Trinajstić information content (AvgIpc) is 3.74. The molecule has 4 bridgehead atoms. The molecule has 1 fully saturated rings. The van der Waals surface area contributed by atoms with E-state index in [1.54, 1.807) is 39.2 Å². The van der Waals surface area contributed by atoms with Crippen LogP contribution < -0.4 is 25.5 Å². The summed E-state index contributed by atoms with van der Waals surface area (Å²) < 4.78 is 30.6. The Hall–Kier alpha value is -4.83. The third-order valence-corrected chi connectivity index (χ3v) is 13.9. The first-order valence-electron chi connectivity index (χ1n) is 22.5. The molecule has 2 aromatic rings. The second-order valence-electron chi connectivity index (χ2n) is 18.8. The van der Waals surface area contributed by atoms with Gasteiger partial charge in [-0.1, -0.05) is 59.8 Å². The van der Waals surface area contributed by atoms with Gasteiger partial charge in [0.05, 0.1) is 35.8 Å². The van der Waals surface area contributed by atoms with Gasteiger partial charge in [0.25, 0.3) is 11.7 Å². The van der Waals surface area contributed by atoms with Crippen molar-refractivity contribution in [2.75, 3.05) is 52.4 Å². The number of hydrogen-bond acceptors (Lipinski definition) is 14. The van der Waals surface area contributed by atoms with Crippen molar-refractivity contribution < 1.29 is 53.4 Å². The summed E-state index contributed by atoms with van der Waals surface area (Å²) in [5, 5.41) is 38.0. The molecule has 15 heteroatoms. The summed E-state index contributed by atoms with van der Waals surface area (Å²) in [7, 11) is 3.06. The second kappa shape index (κ2) is 19.3. The van der Waals surface area contributed by atoms with Crippen LogP contribution in [0.25, 0.3) is 10.8 Å². The number of aliphatic hydroxyl groups is 2. The fraction of sp³-hybridized carbons (Fsp3) is 0.612. The summed E-state index contributed by atoms with van der Waals surface area (Å²) in [4.78, 5) is 54.5. The molecular weight excluding hydrogens is 821 g/mol. The van der Waals surface area contributed by atoms with Gasteiger partial charge in [-0.05, 0) is 43.6 Å². The van der Waals surface area contributed by atoms with Crippen molar-refractivity contribution >= 4 is 34.1 Å². The molecule has 4 aliphatic heterocycles. The molecule has 4 heterocycles. The van der Waals surface area contributed by atoms with E-state index in [1.807, 2.05) is 33.8 Å². The van der Waals surface area contributed by atoms with Crippen LogP contribution in [0.1, 0.15) is 91.1 Å². The SMILES string of the molecule is COc1c(C)c2c3c4c5c(c(c(O)c14)NC(=O)/C(C)=C\C=C\[C@H](C)[C@H](OC)[C@@H](C)[C@@H](CO)[C@@H](C)[C@H](OC(C)=O)[C@H](C)[C@@H](CO)/C=C/O[C@@](C)(O2)C3=O)=NC1(CCN(CC(C)C)CC1)N=5. The van der Waals surface area contributed by atoms with E-state index in [0.29, 0.717) is 35.3 Å². The number of aliphatic hydroxyl groups excluding tert-OH is 2. The number of rotatable bonds is 7. The molecule has 350 valence electrons. The third-order valence-electron chi connectivity index (χ3n) is 13.9. The van der Waals surface area contributed by atoms with Crippen LogP contribution in [0.3, 0.4) is 0 Å². The Bertz CT molecular complexity index is 2350. The van der Waals surface area contributed by atoms with E-state index in [1.165, 1.54) is 27.2 Å². The van der Waals surface area contributed by atoms with Crippen LogP contribution in [-0.4, -0.2) is 109 Å². The van der Waals surface area contributed by atoms with Crippen molar-refractivity contribution in [1.82, 2.24) is 4.90 Å². The molecule has 64 heavy (non-hydrogen) atoms. The zero-order valence-corrected chi connectivity index (χ0v) is 39.5. The third kappa shape index (κ3) is 9.05. The summed E-state index contributed by atoms with van der Waals surface area (Å²) >= 11 is 0. The normalized spacial score (nSPS) is 31.6. The number of aromatic hydroxyl groups is 1. The molecule has 9 atom stereocenters. The van der Waals surface area contributed by atoms with Gasteiger partial charge in [0.15, 0.2) is 11.4 Å². The number of nitrogens with zero attached hydrogens (tertiary/aromatic N) is 3. The van der Waals surface area contributed by atoms with E-state index in [9.17, 15) is 29.7 Å². The predicted molar refractivity (Wildman–Crippen MR) is 242 cm³/mol. The Morgan fingerprint density at radius 1 is 0.969 bits per heavy atom. The molecule has 2 aromatic carbocycles. The minimum absolute atomic E-state index is 0.0527. The van der Waals surface area contributed by atoms with E-state index in [4.69, 9.17) is 33.7 Å². The number of amides is 1. The topological polar surface area (TPSA) is 198 Å². The van der Waals surface area contributed by atoms with E-state index in [0.717, 1.165) is 19.6 Å². The first kappa shape index (κ1) is 48.6. The van der Waals surface area contributed by atoms with Crippen LogP contribution in [0.5, 0.6) is 17.2 Å². The van der Waals surface area contributed by atoms with Gasteiger partial charge in [0.1, 0.15) is 28.6 Å². The van der Waals surface area contributed by atoms with Crippen molar-refractivity contribution in [3.05, 3.63) is 58.0 Å². The summed E-state index contributed by atoms with van der Waals surface area (Å²) in [6.45, 7) is 20.1. The monoisotopic (exact) mass is 888 g/mol. The van der Waals surface area contributed by atoms with Crippen molar-refractivity contribution in [3.8, 4) is 17.2 Å². The number of phenolic OH excluding ortho intramolecular Hbond substituents is 1. The van der Waals surface area contributed by atoms with Gasteiger partial charge in [0, 0.05) is 101 Å². The van der Waals surface area contributed by atoms with Crippen LogP contribution in [0.4, 0.5) is 5.69 Å². The van der Waals surface area contributed by atoms with Gasteiger partial charge in [-0.15, -0.1) is 0 Å². The van der Waals surface area contributed by atoms with Gasteiger partial charge in [-0.2, -0.15) is 0 Å². The maximum absolute atomic E-state index is 14.9. The standard InChI is InChI=1S/C49H68N4O11/c1-25(2)22-53-19-17-49(18-20-53)51-38-35-36-41(57)40(39(38)52-49)50-47(59)27(4)15-13-14-26(3)42(60-11)29(6)34(24-55)30(7)43(63-32(9)56)28(5)33(23-54)16-21-62-48(10)46(58)37(35)45(64-48)31(8)44(36)61-12/h13-16,21,25-26,28-30,33-34,42-43,54-55,57H,17-20,22-24H2,1-12H3,(H,50,59)/b14-13+,21-16+,27-15-/t26-,28+,29-,30+,33+,34+,42-,43+,48-/m0/s1. The highest BCUT2D eigenvalue weighted by molar-refractivity contribution is 6.19. The lowest BCUT2D eigenvalue weighted by molar-refractivity contribution is -0.157. The number of fused-ring (bicyclic) bond motifs is 1. The van der Waals surface area contributed by atoms with Crippen molar-refractivity contribution in [2.24, 2.45) is 51.4 Å². The van der Waals surface area contributed by atoms with Gasteiger partial charge < -0.3 is 49.2 Å². The number of ketones is 1. The molecular formula is C49H68N4O11. The van der Waals surface area contributed by atoms with Crippen LogP contribution in [0, 0.1) is 48.3 Å². The maximum atomic E-state index is 14.9. The fourth-order valence-electron chi connectivity index (χ4n) is 10.3. The van der Waals surface area contributed by atoms with Gasteiger partial charge in [-0.3, -0.25) is 24.4 Å². The number of piperidine rings is 1. The molecule has 1 amide bonds. The maximum Gasteiger partial charge on any atom is 0.312 e. The Morgan fingerprint density at radius 3 is 2.22 bits per heavy atom. The number of ether oxygens (including phenoxy) is 5. The van der Waals surface area contributed by atoms with Crippen molar-refractivity contribution in [1.29, 1.82) is 0 Å². The van der Waals surface area contributed by atoms with E-state index < -0.39 is 58.9 Å². The number of phenols is 1. The molecule has 0 unspecified atom stereocenters. The molecule has 1 spiro atoms. The minimum Gasteiger partial charge on any atom is -0.505 e. The molecule has 4 N–H and O–H groups in total. The largest absolute Gasteiger partial charge is 0.505 e. The number of nitrogens with one attached hydrogen (secondary N) is 1. The van der Waals surface area contributed by atoms with Gasteiger partial charge in [-0.25, -0.2) is 0 Å². The summed E-state index contributed by atoms with van der Waals surface area (Å²) in [5.41, 5.74) is 0.00998. The number of hydrogen-bond donors (Lipinski definition) is 4. The van der Waals surface area contributed by atoms with E-state index in [-0.39, 0.29) is 75.8 Å². The molecule has 6 rings (SSSR count). The highest BCUT2D eigenvalue weighted by atomic mass is 16.7. The molecule has 1 saturated heterocycles. The lowest BCUT2D eigenvalue weighted by Gasteiger charge is -2.40. The van der Waals surface area contributed by atoms with Crippen molar-refractivity contribution in [2.45, 2.75) is 106 Å². The number of carbonyl (C=O) groups is 3. The number of esters is 1. The van der Waals surface area contributed by atoms with Crippen molar-refractivity contribution in [3.63, 3.8) is 0 Å². The molecule has 0 aromatic heterocycles. The molecule has 0 radical (unpaired) electrons. The number of likely N-dealkylation sites (tertiary alicyclic amines) is 1.